The zero-order chi connectivity index (χ0) is 34.0. The normalized spacial score (nSPS) is 10.4. The maximum absolute atomic E-state index is 12.0. The van der Waals surface area contributed by atoms with Crippen molar-refractivity contribution in [2.75, 3.05) is 31.3 Å². The van der Waals surface area contributed by atoms with E-state index in [1.165, 1.54) is 0 Å². The quantitative estimate of drug-likeness (QED) is 0.0585. The van der Waals surface area contributed by atoms with E-state index in [9.17, 15) is 19.2 Å². The largest absolute Gasteiger partial charge is 0.465 e. The average Bonchev–Trinajstić information content (AvgIpc) is 3.06. The molecule has 0 aliphatic rings. The van der Waals surface area contributed by atoms with Crippen molar-refractivity contribution < 1.29 is 38.1 Å². The SMILES string of the molecule is C=C(C)C(=O)OCCCC(=O)OCCc1ccc(N(c2ccccc2)c2ccc(CCOC(=O)CCCOC(=O)C(=C)C)cc2)cc1. The molecule has 0 atom stereocenters. The third-order valence-corrected chi connectivity index (χ3v) is 6.92. The first-order valence-corrected chi connectivity index (χ1v) is 15.6. The topological polar surface area (TPSA) is 108 Å². The summed E-state index contributed by atoms with van der Waals surface area (Å²) in [5.41, 5.74) is 5.65. The smallest absolute Gasteiger partial charge is 0.333 e. The molecule has 0 saturated heterocycles. The summed E-state index contributed by atoms with van der Waals surface area (Å²) < 4.78 is 20.7. The van der Waals surface area contributed by atoms with Gasteiger partial charge in [-0.15, -0.1) is 0 Å². The monoisotopic (exact) mass is 641 g/mol. The molecule has 0 fully saturated rings. The summed E-state index contributed by atoms with van der Waals surface area (Å²) in [7, 11) is 0. The van der Waals surface area contributed by atoms with Crippen molar-refractivity contribution in [2.45, 2.75) is 52.4 Å². The van der Waals surface area contributed by atoms with Gasteiger partial charge >= 0.3 is 23.9 Å². The van der Waals surface area contributed by atoms with Gasteiger partial charge in [0, 0.05) is 53.9 Å². The van der Waals surface area contributed by atoms with Gasteiger partial charge in [0.1, 0.15) is 0 Å². The van der Waals surface area contributed by atoms with Crippen LogP contribution in [0.4, 0.5) is 17.1 Å². The number of rotatable bonds is 19. The lowest BCUT2D eigenvalue weighted by atomic mass is 10.1. The summed E-state index contributed by atoms with van der Waals surface area (Å²) in [6, 6.07) is 26.2. The summed E-state index contributed by atoms with van der Waals surface area (Å²) in [5.74, 6) is -1.59. The van der Waals surface area contributed by atoms with E-state index in [1.54, 1.807) is 13.8 Å². The van der Waals surface area contributed by atoms with Crippen LogP contribution in [0.15, 0.2) is 103 Å². The van der Waals surface area contributed by atoms with Crippen LogP contribution in [0.2, 0.25) is 0 Å². The molecule has 0 heterocycles. The maximum atomic E-state index is 12.0. The van der Waals surface area contributed by atoms with E-state index in [0.29, 0.717) is 36.8 Å². The van der Waals surface area contributed by atoms with Crippen LogP contribution < -0.4 is 4.90 Å². The Kier molecular flexibility index (Phi) is 14.9. The predicted octanol–water partition coefficient (Wildman–Crippen LogP) is 7.13. The molecule has 0 aliphatic heterocycles. The molecule has 3 aromatic rings. The highest BCUT2D eigenvalue weighted by molar-refractivity contribution is 5.87. The molecule has 0 amide bonds. The molecule has 47 heavy (non-hydrogen) atoms. The van der Waals surface area contributed by atoms with Gasteiger partial charge in [-0.25, -0.2) is 9.59 Å². The van der Waals surface area contributed by atoms with Crippen LogP contribution in [-0.2, 0) is 51.0 Å². The minimum absolute atomic E-state index is 0.150. The molecule has 9 nitrogen and oxygen atoms in total. The van der Waals surface area contributed by atoms with Crippen LogP contribution in [0.3, 0.4) is 0 Å². The van der Waals surface area contributed by atoms with Crippen LogP contribution >= 0.6 is 0 Å². The second-order valence-electron chi connectivity index (χ2n) is 11.0. The van der Waals surface area contributed by atoms with Crippen molar-refractivity contribution in [3.05, 3.63) is 114 Å². The number of anilines is 3. The number of para-hydroxylation sites is 1. The summed E-state index contributed by atoms with van der Waals surface area (Å²) in [6.07, 6.45) is 2.29. The predicted molar refractivity (Wildman–Crippen MR) is 180 cm³/mol. The molecule has 0 spiro atoms. The van der Waals surface area contributed by atoms with Crippen molar-refractivity contribution >= 4 is 40.9 Å². The van der Waals surface area contributed by atoms with Crippen molar-refractivity contribution in [2.24, 2.45) is 0 Å². The summed E-state index contributed by atoms with van der Waals surface area (Å²) in [6.45, 7) is 11.0. The average molecular weight is 642 g/mol. The fraction of sp³-hybridized carbons (Fsp3) is 0.316. The van der Waals surface area contributed by atoms with E-state index >= 15 is 0 Å². The lowest BCUT2D eigenvalue weighted by molar-refractivity contribution is -0.146. The Bertz CT molecular complexity index is 1400. The lowest BCUT2D eigenvalue weighted by Crippen LogP contribution is -2.12. The van der Waals surface area contributed by atoms with Crippen molar-refractivity contribution in [3.8, 4) is 0 Å². The molecule has 0 aromatic heterocycles. The van der Waals surface area contributed by atoms with E-state index in [1.807, 2.05) is 78.9 Å². The number of benzene rings is 3. The lowest BCUT2D eigenvalue weighted by Gasteiger charge is -2.26. The van der Waals surface area contributed by atoms with E-state index in [2.05, 4.69) is 18.1 Å². The minimum atomic E-state index is -0.463. The van der Waals surface area contributed by atoms with Crippen LogP contribution in [0, 0.1) is 0 Å². The van der Waals surface area contributed by atoms with Gasteiger partial charge in [-0.05, 0) is 74.2 Å². The molecule has 0 saturated carbocycles. The van der Waals surface area contributed by atoms with Gasteiger partial charge in [0.2, 0.25) is 0 Å². The number of carbonyl (C=O) groups excluding carboxylic acids is 4. The molecule has 3 rings (SSSR count). The maximum Gasteiger partial charge on any atom is 0.333 e. The van der Waals surface area contributed by atoms with Gasteiger partial charge in [-0.2, -0.15) is 0 Å². The summed E-state index contributed by atoms with van der Waals surface area (Å²) in [4.78, 5) is 49.0. The molecular formula is C38H43NO8. The first kappa shape index (κ1) is 36.3. The van der Waals surface area contributed by atoms with E-state index in [4.69, 9.17) is 18.9 Å². The number of hydrogen-bond donors (Lipinski definition) is 0. The molecule has 9 heteroatoms. The zero-order valence-electron chi connectivity index (χ0n) is 27.2. The van der Waals surface area contributed by atoms with Gasteiger partial charge in [0.25, 0.3) is 0 Å². The number of nitrogens with zero attached hydrogens (tertiary/aromatic N) is 1. The van der Waals surface area contributed by atoms with Gasteiger partial charge in [0.05, 0.1) is 26.4 Å². The highest BCUT2D eigenvalue weighted by Gasteiger charge is 2.13. The Morgan fingerprint density at radius 2 is 0.915 bits per heavy atom. The number of hydrogen-bond acceptors (Lipinski definition) is 9. The third-order valence-electron chi connectivity index (χ3n) is 6.92. The van der Waals surface area contributed by atoms with Crippen LogP contribution in [0.1, 0.15) is 50.7 Å². The Hall–Kier alpha value is -5.18. The zero-order valence-corrected chi connectivity index (χ0v) is 27.2. The molecule has 0 unspecified atom stereocenters. The molecule has 248 valence electrons. The fourth-order valence-corrected chi connectivity index (χ4v) is 4.37. The third kappa shape index (κ3) is 13.0. The van der Waals surface area contributed by atoms with Gasteiger partial charge < -0.3 is 23.8 Å². The van der Waals surface area contributed by atoms with Crippen LogP contribution in [-0.4, -0.2) is 50.3 Å². The van der Waals surface area contributed by atoms with Crippen molar-refractivity contribution in [1.82, 2.24) is 0 Å². The molecule has 0 aliphatic carbocycles. The Morgan fingerprint density at radius 1 is 0.532 bits per heavy atom. The summed E-state index contributed by atoms with van der Waals surface area (Å²) >= 11 is 0. The number of ether oxygens (including phenoxy) is 4. The second-order valence-corrected chi connectivity index (χ2v) is 11.0. The standard InChI is InChI=1S/C38H43NO8/c1-28(2)37(42)46-24-8-12-35(40)44-26-22-30-14-18-33(19-15-30)39(32-10-6-5-7-11-32)34-20-16-31(17-21-34)23-27-45-36(41)13-9-25-47-38(43)29(3)4/h5-7,10-11,14-21H,1,3,8-9,12-13,22-27H2,2,4H3. The highest BCUT2D eigenvalue weighted by atomic mass is 16.5. The fourth-order valence-electron chi connectivity index (χ4n) is 4.37. The number of esters is 4. The Morgan fingerprint density at radius 3 is 1.30 bits per heavy atom. The Labute approximate surface area is 276 Å². The summed E-state index contributed by atoms with van der Waals surface area (Å²) in [5, 5.41) is 0. The molecule has 0 radical (unpaired) electrons. The van der Waals surface area contributed by atoms with E-state index in [0.717, 1.165) is 28.2 Å². The van der Waals surface area contributed by atoms with Crippen molar-refractivity contribution in [1.29, 1.82) is 0 Å². The van der Waals surface area contributed by atoms with E-state index < -0.39 is 11.9 Å². The van der Waals surface area contributed by atoms with Crippen LogP contribution in [0.5, 0.6) is 0 Å². The first-order valence-electron chi connectivity index (χ1n) is 15.6. The van der Waals surface area contributed by atoms with Gasteiger partial charge in [-0.3, -0.25) is 9.59 Å². The highest BCUT2D eigenvalue weighted by Crippen LogP contribution is 2.34. The number of carbonyl (C=O) groups is 4. The Balaban J connectivity index is 1.50. The minimum Gasteiger partial charge on any atom is -0.465 e. The first-order chi connectivity index (χ1) is 22.6. The van der Waals surface area contributed by atoms with Gasteiger partial charge in [0.15, 0.2) is 0 Å². The second kappa shape index (κ2) is 19.4. The molecule has 0 N–H and O–H groups in total. The van der Waals surface area contributed by atoms with Crippen molar-refractivity contribution in [3.63, 3.8) is 0 Å². The molecular weight excluding hydrogens is 598 g/mol. The van der Waals surface area contributed by atoms with Gasteiger partial charge in [-0.1, -0.05) is 55.6 Å². The van der Waals surface area contributed by atoms with Crippen LogP contribution in [0.25, 0.3) is 0 Å². The van der Waals surface area contributed by atoms with E-state index in [-0.39, 0.29) is 51.2 Å². The molecule has 3 aromatic carbocycles. The molecule has 0 bridgehead atoms.